The molecule has 0 saturated heterocycles. The van der Waals surface area contributed by atoms with Gasteiger partial charge in [-0.05, 0) is 71.2 Å². The highest BCUT2D eigenvalue weighted by molar-refractivity contribution is 14.1. The fourth-order valence-corrected chi connectivity index (χ4v) is 2.85. The van der Waals surface area contributed by atoms with Crippen LogP contribution in [0.2, 0.25) is 10.0 Å². The Morgan fingerprint density at radius 1 is 1.14 bits per heavy atom. The van der Waals surface area contributed by atoms with Crippen LogP contribution in [-0.4, -0.2) is 11.0 Å². The zero-order valence-corrected chi connectivity index (χ0v) is 15.0. The second-order valence-corrected chi connectivity index (χ2v) is 6.54. The van der Waals surface area contributed by atoms with Crippen molar-refractivity contribution in [3.63, 3.8) is 0 Å². The van der Waals surface area contributed by atoms with Crippen molar-refractivity contribution in [2.75, 3.05) is 5.32 Å². The summed E-state index contributed by atoms with van der Waals surface area (Å²) >= 11 is 19.2. The summed E-state index contributed by atoms with van der Waals surface area (Å²) in [6.45, 7) is 0. The molecular weight excluding hydrogens is 442 g/mol. The second kappa shape index (κ2) is 7.40. The zero-order valence-electron chi connectivity index (χ0n) is 10.5. The molecule has 3 nitrogen and oxygen atoms in total. The lowest BCUT2D eigenvalue weighted by Gasteiger charge is -2.11. The number of nitrogens with one attached hydrogen (secondary N) is 2. The van der Waals surface area contributed by atoms with E-state index in [4.69, 9.17) is 35.4 Å². The molecule has 0 fully saturated rings. The standard InChI is InChI=1S/C14H9Cl2IN2OS/c15-9-3-1-2-8(6-9)13(20)19-14(21)18-12-5-4-10(17)7-11(12)16/h1-7H,(H2,18,19,20,21). The normalized spacial score (nSPS) is 10.0. The Morgan fingerprint density at radius 2 is 1.90 bits per heavy atom. The summed E-state index contributed by atoms with van der Waals surface area (Å²) in [5.74, 6) is -0.336. The van der Waals surface area contributed by atoms with Gasteiger partial charge in [0.1, 0.15) is 0 Å². The smallest absolute Gasteiger partial charge is 0.257 e. The van der Waals surface area contributed by atoms with E-state index in [-0.39, 0.29) is 11.0 Å². The van der Waals surface area contributed by atoms with Gasteiger partial charge in [0.15, 0.2) is 5.11 Å². The summed E-state index contributed by atoms with van der Waals surface area (Å²) in [6.07, 6.45) is 0. The van der Waals surface area contributed by atoms with Gasteiger partial charge in [-0.2, -0.15) is 0 Å². The van der Waals surface area contributed by atoms with Crippen molar-refractivity contribution < 1.29 is 4.79 Å². The van der Waals surface area contributed by atoms with Crippen LogP contribution in [0, 0.1) is 3.57 Å². The molecule has 1 amide bonds. The van der Waals surface area contributed by atoms with Gasteiger partial charge in [0.25, 0.3) is 5.91 Å². The summed E-state index contributed by atoms with van der Waals surface area (Å²) in [5.41, 5.74) is 1.06. The number of amides is 1. The quantitative estimate of drug-likeness (QED) is 0.513. The summed E-state index contributed by atoms with van der Waals surface area (Å²) in [4.78, 5) is 12.0. The van der Waals surface area contributed by atoms with Gasteiger partial charge >= 0.3 is 0 Å². The van der Waals surface area contributed by atoms with Crippen LogP contribution in [0.15, 0.2) is 42.5 Å². The maximum Gasteiger partial charge on any atom is 0.257 e. The molecule has 0 atom stereocenters. The topological polar surface area (TPSA) is 41.1 Å². The number of carbonyl (C=O) groups excluding carboxylic acids is 1. The Balaban J connectivity index is 2.03. The predicted molar refractivity (Wildman–Crippen MR) is 99.3 cm³/mol. The van der Waals surface area contributed by atoms with Crippen molar-refractivity contribution >= 4 is 74.7 Å². The molecule has 0 saturated carbocycles. The maximum atomic E-state index is 12.0. The van der Waals surface area contributed by atoms with Crippen molar-refractivity contribution in [3.8, 4) is 0 Å². The largest absolute Gasteiger partial charge is 0.331 e. The highest BCUT2D eigenvalue weighted by Gasteiger charge is 2.09. The van der Waals surface area contributed by atoms with Gasteiger partial charge in [0.05, 0.1) is 10.7 Å². The third-order valence-corrected chi connectivity index (χ3v) is 3.92. The molecule has 21 heavy (non-hydrogen) atoms. The van der Waals surface area contributed by atoms with Crippen LogP contribution < -0.4 is 10.6 Å². The van der Waals surface area contributed by atoms with E-state index >= 15 is 0 Å². The maximum absolute atomic E-state index is 12.0. The molecule has 7 heteroatoms. The van der Waals surface area contributed by atoms with Crippen LogP contribution in [0.5, 0.6) is 0 Å². The van der Waals surface area contributed by atoms with Crippen LogP contribution in [-0.2, 0) is 0 Å². The van der Waals surface area contributed by atoms with Crippen molar-refractivity contribution in [2.24, 2.45) is 0 Å². The highest BCUT2D eigenvalue weighted by atomic mass is 127. The molecule has 0 bridgehead atoms. The minimum Gasteiger partial charge on any atom is -0.331 e. The lowest BCUT2D eigenvalue weighted by molar-refractivity contribution is 0.0977. The number of rotatable bonds is 2. The lowest BCUT2D eigenvalue weighted by atomic mass is 10.2. The Hall–Kier alpha value is -0.890. The van der Waals surface area contributed by atoms with Crippen molar-refractivity contribution in [1.29, 1.82) is 0 Å². The minimum atomic E-state index is -0.336. The van der Waals surface area contributed by atoms with Crippen LogP contribution in [0.25, 0.3) is 0 Å². The Labute approximate surface area is 151 Å². The summed E-state index contributed by atoms with van der Waals surface area (Å²) in [6, 6.07) is 12.1. The van der Waals surface area contributed by atoms with E-state index in [0.29, 0.717) is 21.3 Å². The first-order valence-corrected chi connectivity index (χ1v) is 8.03. The molecule has 0 spiro atoms. The van der Waals surface area contributed by atoms with Gasteiger partial charge in [0.2, 0.25) is 0 Å². The highest BCUT2D eigenvalue weighted by Crippen LogP contribution is 2.23. The average Bonchev–Trinajstić information content (AvgIpc) is 2.42. The fraction of sp³-hybridized carbons (Fsp3) is 0. The van der Waals surface area contributed by atoms with E-state index in [9.17, 15) is 4.79 Å². The summed E-state index contributed by atoms with van der Waals surface area (Å²) < 4.78 is 1.01. The predicted octanol–water partition coefficient (Wildman–Crippen LogP) is 4.72. The number of carbonyl (C=O) groups is 1. The first-order chi connectivity index (χ1) is 9.95. The molecule has 0 aromatic heterocycles. The zero-order chi connectivity index (χ0) is 15.4. The van der Waals surface area contributed by atoms with Crippen molar-refractivity contribution in [3.05, 3.63) is 61.6 Å². The van der Waals surface area contributed by atoms with Crippen LogP contribution >= 0.6 is 58.0 Å². The summed E-state index contributed by atoms with van der Waals surface area (Å²) in [7, 11) is 0. The van der Waals surface area contributed by atoms with Gasteiger partial charge in [-0.1, -0.05) is 29.3 Å². The van der Waals surface area contributed by atoms with Crippen molar-refractivity contribution in [2.45, 2.75) is 0 Å². The van der Waals surface area contributed by atoms with Gasteiger partial charge in [-0.15, -0.1) is 0 Å². The van der Waals surface area contributed by atoms with E-state index in [2.05, 4.69) is 33.2 Å². The Kier molecular flexibility index (Phi) is 5.80. The van der Waals surface area contributed by atoms with E-state index < -0.39 is 0 Å². The number of benzene rings is 2. The number of anilines is 1. The van der Waals surface area contributed by atoms with E-state index in [1.165, 1.54) is 0 Å². The molecule has 2 aromatic carbocycles. The Morgan fingerprint density at radius 3 is 2.57 bits per heavy atom. The second-order valence-electron chi connectivity index (χ2n) is 4.04. The lowest BCUT2D eigenvalue weighted by Crippen LogP contribution is -2.34. The SMILES string of the molecule is O=C(NC(=S)Nc1ccc(I)cc1Cl)c1cccc(Cl)c1. The van der Waals surface area contributed by atoms with Gasteiger partial charge < -0.3 is 5.32 Å². The molecule has 0 radical (unpaired) electrons. The third kappa shape index (κ3) is 4.81. The first-order valence-electron chi connectivity index (χ1n) is 5.78. The number of hydrogen-bond acceptors (Lipinski definition) is 2. The van der Waals surface area contributed by atoms with Crippen LogP contribution in [0.3, 0.4) is 0 Å². The molecular formula is C14H9Cl2IN2OS. The van der Waals surface area contributed by atoms with E-state index in [1.807, 2.05) is 6.07 Å². The Bertz CT molecular complexity index is 709. The molecule has 0 aliphatic carbocycles. The van der Waals surface area contributed by atoms with Gasteiger partial charge in [-0.25, -0.2) is 0 Å². The molecule has 0 aliphatic rings. The van der Waals surface area contributed by atoms with E-state index in [0.717, 1.165) is 3.57 Å². The summed E-state index contributed by atoms with van der Waals surface area (Å²) in [5, 5.41) is 6.65. The molecule has 0 heterocycles. The first kappa shape index (κ1) is 16.5. The third-order valence-electron chi connectivity index (χ3n) is 2.49. The molecule has 2 rings (SSSR count). The van der Waals surface area contributed by atoms with E-state index in [1.54, 1.807) is 36.4 Å². The van der Waals surface area contributed by atoms with Crippen LogP contribution in [0.4, 0.5) is 5.69 Å². The van der Waals surface area contributed by atoms with Crippen LogP contribution in [0.1, 0.15) is 10.4 Å². The average molecular weight is 451 g/mol. The van der Waals surface area contributed by atoms with Gasteiger partial charge in [-0.3, -0.25) is 10.1 Å². The molecule has 2 aromatic rings. The van der Waals surface area contributed by atoms with Crippen molar-refractivity contribution in [1.82, 2.24) is 5.32 Å². The minimum absolute atomic E-state index is 0.170. The molecule has 2 N–H and O–H groups in total. The number of halogens is 3. The fourth-order valence-electron chi connectivity index (χ4n) is 1.55. The number of hydrogen-bond donors (Lipinski definition) is 2. The molecule has 108 valence electrons. The monoisotopic (exact) mass is 450 g/mol. The molecule has 0 unspecified atom stereocenters. The number of thiocarbonyl (C=S) groups is 1. The van der Waals surface area contributed by atoms with Gasteiger partial charge in [0, 0.05) is 14.2 Å². The molecule has 0 aliphatic heterocycles.